The van der Waals surface area contributed by atoms with Crippen molar-refractivity contribution in [3.05, 3.63) is 11.7 Å². The maximum Gasteiger partial charge on any atom is 0.229 e. The Hall–Kier alpha value is -1.47. The van der Waals surface area contributed by atoms with E-state index in [2.05, 4.69) is 10.1 Å². The van der Waals surface area contributed by atoms with Crippen molar-refractivity contribution in [2.75, 3.05) is 32.9 Å². The SMILES string of the molecule is O=C(CCC1CCCC1)N1CCC(OCCc2noc(C3CCOCC3)n2)CC1. The molecule has 0 atom stereocenters. The third kappa shape index (κ3) is 6.01. The summed E-state index contributed by atoms with van der Waals surface area (Å²) in [5.41, 5.74) is 0. The van der Waals surface area contributed by atoms with Crippen LogP contribution in [0.5, 0.6) is 0 Å². The minimum Gasteiger partial charge on any atom is -0.381 e. The van der Waals surface area contributed by atoms with Gasteiger partial charge in [0, 0.05) is 45.1 Å². The molecule has 1 aromatic rings. The Kier molecular flexibility index (Phi) is 7.55. The van der Waals surface area contributed by atoms with Crippen molar-refractivity contribution in [2.24, 2.45) is 5.92 Å². The second-order valence-corrected chi connectivity index (χ2v) is 8.83. The number of ether oxygens (including phenoxy) is 2. The van der Waals surface area contributed by atoms with E-state index < -0.39 is 0 Å². The fourth-order valence-corrected chi connectivity index (χ4v) is 4.85. The lowest BCUT2D eigenvalue weighted by molar-refractivity contribution is -0.134. The number of amides is 1. The molecule has 0 aromatic carbocycles. The van der Waals surface area contributed by atoms with E-state index in [1.165, 1.54) is 25.7 Å². The third-order valence-electron chi connectivity index (χ3n) is 6.77. The number of carbonyl (C=O) groups excluding carboxylic acids is 1. The highest BCUT2D eigenvalue weighted by molar-refractivity contribution is 5.76. The summed E-state index contributed by atoms with van der Waals surface area (Å²) in [5, 5.41) is 4.10. The molecular formula is C22H35N3O4. The van der Waals surface area contributed by atoms with Crippen molar-refractivity contribution < 1.29 is 18.8 Å². The van der Waals surface area contributed by atoms with E-state index in [1.807, 2.05) is 4.90 Å². The van der Waals surface area contributed by atoms with Crippen molar-refractivity contribution in [1.82, 2.24) is 15.0 Å². The number of hydrogen-bond acceptors (Lipinski definition) is 6. The Bertz CT molecular complexity index is 630. The zero-order chi connectivity index (χ0) is 19.9. The quantitative estimate of drug-likeness (QED) is 0.659. The van der Waals surface area contributed by atoms with E-state index in [0.717, 1.165) is 82.5 Å². The van der Waals surface area contributed by atoms with E-state index in [9.17, 15) is 4.79 Å². The Morgan fingerprint density at radius 2 is 1.83 bits per heavy atom. The summed E-state index contributed by atoms with van der Waals surface area (Å²) >= 11 is 0. The minimum absolute atomic E-state index is 0.232. The van der Waals surface area contributed by atoms with Gasteiger partial charge in [-0.25, -0.2) is 0 Å². The zero-order valence-electron chi connectivity index (χ0n) is 17.5. The number of piperidine rings is 1. The minimum atomic E-state index is 0.232. The normalized spacial score (nSPS) is 22.4. The van der Waals surface area contributed by atoms with Crippen LogP contribution in [0.15, 0.2) is 4.52 Å². The van der Waals surface area contributed by atoms with Gasteiger partial charge < -0.3 is 18.9 Å². The molecule has 162 valence electrons. The number of carbonyl (C=O) groups is 1. The van der Waals surface area contributed by atoms with Crippen molar-refractivity contribution in [3.8, 4) is 0 Å². The number of aromatic nitrogens is 2. The molecule has 1 aromatic heterocycles. The second-order valence-electron chi connectivity index (χ2n) is 8.83. The molecular weight excluding hydrogens is 370 g/mol. The first-order chi connectivity index (χ1) is 14.3. The monoisotopic (exact) mass is 405 g/mol. The van der Waals surface area contributed by atoms with Gasteiger partial charge in [-0.3, -0.25) is 4.79 Å². The van der Waals surface area contributed by atoms with Gasteiger partial charge in [0.1, 0.15) is 0 Å². The first-order valence-corrected chi connectivity index (χ1v) is 11.6. The Morgan fingerprint density at radius 1 is 1.07 bits per heavy atom. The van der Waals surface area contributed by atoms with E-state index in [4.69, 9.17) is 14.0 Å². The molecule has 2 saturated heterocycles. The van der Waals surface area contributed by atoms with Gasteiger partial charge in [-0.15, -0.1) is 0 Å². The van der Waals surface area contributed by atoms with E-state index in [1.54, 1.807) is 0 Å². The first-order valence-electron chi connectivity index (χ1n) is 11.6. The van der Waals surface area contributed by atoms with Crippen molar-refractivity contribution >= 4 is 5.91 Å². The number of rotatable bonds is 8. The lowest BCUT2D eigenvalue weighted by atomic mass is 10.0. The Labute approximate surface area is 173 Å². The molecule has 2 aliphatic heterocycles. The van der Waals surface area contributed by atoms with Crippen LogP contribution < -0.4 is 0 Å². The van der Waals surface area contributed by atoms with Crippen LogP contribution in [0.3, 0.4) is 0 Å². The molecule has 3 aliphatic rings. The van der Waals surface area contributed by atoms with Crippen molar-refractivity contribution in [1.29, 1.82) is 0 Å². The summed E-state index contributed by atoms with van der Waals surface area (Å²) in [6, 6.07) is 0. The van der Waals surface area contributed by atoms with Gasteiger partial charge in [0.15, 0.2) is 5.82 Å². The molecule has 29 heavy (non-hydrogen) atoms. The predicted molar refractivity (Wildman–Crippen MR) is 108 cm³/mol. The molecule has 0 unspecified atom stereocenters. The summed E-state index contributed by atoms with van der Waals surface area (Å²) in [6.45, 7) is 3.79. The zero-order valence-corrected chi connectivity index (χ0v) is 17.5. The molecule has 1 amide bonds. The summed E-state index contributed by atoms with van der Waals surface area (Å²) in [4.78, 5) is 19.0. The van der Waals surface area contributed by atoms with Crippen LogP contribution in [0, 0.1) is 5.92 Å². The van der Waals surface area contributed by atoms with Crippen LogP contribution in [-0.4, -0.2) is 60.0 Å². The molecule has 0 spiro atoms. The van der Waals surface area contributed by atoms with Gasteiger partial charge in [0.05, 0.1) is 12.7 Å². The summed E-state index contributed by atoms with van der Waals surface area (Å²) < 4.78 is 16.8. The average molecular weight is 406 g/mol. The van der Waals surface area contributed by atoms with Gasteiger partial charge in [-0.1, -0.05) is 30.8 Å². The number of nitrogens with zero attached hydrogens (tertiary/aromatic N) is 3. The molecule has 0 N–H and O–H groups in total. The highest BCUT2D eigenvalue weighted by Gasteiger charge is 2.25. The van der Waals surface area contributed by atoms with Gasteiger partial charge in [0.25, 0.3) is 0 Å². The highest BCUT2D eigenvalue weighted by Crippen LogP contribution is 2.29. The summed E-state index contributed by atoms with van der Waals surface area (Å²) in [7, 11) is 0. The average Bonchev–Trinajstić information content (AvgIpc) is 3.45. The van der Waals surface area contributed by atoms with Crippen molar-refractivity contribution in [3.63, 3.8) is 0 Å². The molecule has 3 fully saturated rings. The van der Waals surface area contributed by atoms with Crippen LogP contribution in [0.1, 0.15) is 81.8 Å². The van der Waals surface area contributed by atoms with Crippen LogP contribution >= 0.6 is 0 Å². The topological polar surface area (TPSA) is 77.7 Å². The smallest absolute Gasteiger partial charge is 0.229 e. The molecule has 7 heteroatoms. The maximum absolute atomic E-state index is 12.4. The fourth-order valence-electron chi connectivity index (χ4n) is 4.85. The lowest BCUT2D eigenvalue weighted by Crippen LogP contribution is -2.41. The molecule has 0 radical (unpaired) electrons. The molecule has 1 aliphatic carbocycles. The second kappa shape index (κ2) is 10.5. The van der Waals surface area contributed by atoms with Crippen LogP contribution in [0.2, 0.25) is 0 Å². The number of likely N-dealkylation sites (tertiary alicyclic amines) is 1. The number of hydrogen-bond donors (Lipinski definition) is 0. The van der Waals surface area contributed by atoms with E-state index >= 15 is 0 Å². The largest absolute Gasteiger partial charge is 0.381 e. The van der Waals surface area contributed by atoms with E-state index in [-0.39, 0.29) is 6.10 Å². The molecule has 3 heterocycles. The van der Waals surface area contributed by atoms with Gasteiger partial charge >= 0.3 is 0 Å². The van der Waals surface area contributed by atoms with Gasteiger partial charge in [-0.05, 0) is 38.0 Å². The van der Waals surface area contributed by atoms with Crippen LogP contribution in [0.25, 0.3) is 0 Å². The molecule has 7 nitrogen and oxygen atoms in total. The Balaban J connectivity index is 1.10. The molecule has 1 saturated carbocycles. The molecule has 4 rings (SSSR count). The van der Waals surface area contributed by atoms with Crippen molar-refractivity contribution in [2.45, 2.75) is 82.7 Å². The Morgan fingerprint density at radius 3 is 2.59 bits per heavy atom. The predicted octanol–water partition coefficient (Wildman–Crippen LogP) is 3.48. The standard InChI is InChI=1S/C22H35N3O4/c26-21(6-5-17-3-1-2-4-17)25-12-7-19(8-13-25)28-16-11-20-23-22(29-24-20)18-9-14-27-15-10-18/h17-19H,1-16H2. The summed E-state index contributed by atoms with van der Waals surface area (Å²) in [5.74, 6) is 2.93. The van der Waals surface area contributed by atoms with Gasteiger partial charge in [-0.2, -0.15) is 4.98 Å². The highest BCUT2D eigenvalue weighted by atomic mass is 16.5. The van der Waals surface area contributed by atoms with Crippen LogP contribution in [-0.2, 0) is 20.7 Å². The lowest BCUT2D eigenvalue weighted by Gasteiger charge is -2.32. The van der Waals surface area contributed by atoms with Gasteiger partial charge in [0.2, 0.25) is 11.8 Å². The maximum atomic E-state index is 12.4. The molecule has 0 bridgehead atoms. The third-order valence-corrected chi connectivity index (χ3v) is 6.77. The van der Waals surface area contributed by atoms with E-state index in [0.29, 0.717) is 24.9 Å². The fraction of sp³-hybridized carbons (Fsp3) is 0.864. The van der Waals surface area contributed by atoms with Crippen LogP contribution in [0.4, 0.5) is 0 Å². The first kappa shape index (κ1) is 20.8. The summed E-state index contributed by atoms with van der Waals surface area (Å²) in [6.07, 6.45) is 11.8.